The lowest BCUT2D eigenvalue weighted by Gasteiger charge is -2.15. The van der Waals surface area contributed by atoms with E-state index >= 15 is 0 Å². The Labute approximate surface area is 208 Å². The van der Waals surface area contributed by atoms with Gasteiger partial charge in [-0.1, -0.05) is 29.8 Å². The SMILES string of the molecule is COc1cc(CNc2ccc(Oc3ccccc3)cc2)cc(Cl)c1OCc1ccc([N+](=O)[O-])cc1. The Bertz CT molecular complexity index is 1280. The monoisotopic (exact) mass is 490 g/mol. The lowest BCUT2D eigenvalue weighted by Crippen LogP contribution is -2.03. The Morgan fingerprint density at radius 3 is 2.23 bits per heavy atom. The van der Waals surface area contributed by atoms with Crippen molar-refractivity contribution in [2.75, 3.05) is 12.4 Å². The summed E-state index contributed by atoms with van der Waals surface area (Å²) < 4.78 is 17.2. The highest BCUT2D eigenvalue weighted by molar-refractivity contribution is 6.32. The standard InChI is InChI=1S/C27H23ClN2O5/c1-33-26-16-20(15-25(28)27(26)34-18-19-7-11-22(12-8-19)30(31)32)17-29-21-9-13-24(14-10-21)35-23-5-3-2-4-6-23/h2-16,29H,17-18H2,1H3. The first-order valence-electron chi connectivity index (χ1n) is 10.8. The number of nitrogens with zero attached hydrogens (tertiary/aromatic N) is 1. The van der Waals surface area contributed by atoms with Crippen LogP contribution in [0.5, 0.6) is 23.0 Å². The molecule has 0 heterocycles. The Balaban J connectivity index is 1.37. The zero-order valence-corrected chi connectivity index (χ0v) is 19.7. The fourth-order valence-electron chi connectivity index (χ4n) is 3.35. The number of rotatable bonds is 10. The van der Waals surface area contributed by atoms with Gasteiger partial charge in [-0.25, -0.2) is 0 Å². The van der Waals surface area contributed by atoms with Gasteiger partial charge in [0.05, 0.1) is 17.1 Å². The van der Waals surface area contributed by atoms with E-state index in [1.54, 1.807) is 19.2 Å². The largest absolute Gasteiger partial charge is 0.493 e. The summed E-state index contributed by atoms with van der Waals surface area (Å²) in [6.45, 7) is 0.723. The molecule has 0 amide bonds. The van der Waals surface area contributed by atoms with Crippen molar-refractivity contribution in [1.29, 1.82) is 0 Å². The van der Waals surface area contributed by atoms with Crippen molar-refractivity contribution in [2.45, 2.75) is 13.2 Å². The lowest BCUT2D eigenvalue weighted by molar-refractivity contribution is -0.384. The van der Waals surface area contributed by atoms with Crippen LogP contribution in [0.25, 0.3) is 0 Å². The quantitative estimate of drug-likeness (QED) is 0.186. The molecule has 178 valence electrons. The fraction of sp³-hybridized carbons (Fsp3) is 0.111. The van der Waals surface area contributed by atoms with Gasteiger partial charge in [0.1, 0.15) is 18.1 Å². The summed E-state index contributed by atoms with van der Waals surface area (Å²) in [6, 6.07) is 27.1. The van der Waals surface area contributed by atoms with Gasteiger partial charge >= 0.3 is 0 Å². The zero-order chi connectivity index (χ0) is 24.6. The van der Waals surface area contributed by atoms with Crippen LogP contribution in [-0.2, 0) is 13.2 Å². The number of hydrogen-bond donors (Lipinski definition) is 1. The van der Waals surface area contributed by atoms with Crippen LogP contribution in [0, 0.1) is 10.1 Å². The van der Waals surface area contributed by atoms with Crippen molar-refractivity contribution in [3.05, 3.63) is 117 Å². The number of nitro groups is 1. The average Bonchev–Trinajstić information content (AvgIpc) is 2.88. The lowest BCUT2D eigenvalue weighted by atomic mass is 10.2. The molecule has 0 aliphatic rings. The van der Waals surface area contributed by atoms with E-state index in [2.05, 4.69) is 5.32 Å². The van der Waals surface area contributed by atoms with Crippen LogP contribution in [0.4, 0.5) is 11.4 Å². The first-order chi connectivity index (χ1) is 17.0. The highest BCUT2D eigenvalue weighted by Crippen LogP contribution is 2.37. The molecule has 0 unspecified atom stereocenters. The van der Waals surface area contributed by atoms with Crippen molar-refractivity contribution >= 4 is 23.0 Å². The Morgan fingerprint density at radius 1 is 0.886 bits per heavy atom. The highest BCUT2D eigenvalue weighted by Gasteiger charge is 2.13. The van der Waals surface area contributed by atoms with Crippen LogP contribution in [0.15, 0.2) is 91.0 Å². The van der Waals surface area contributed by atoms with Crippen LogP contribution in [0.3, 0.4) is 0 Å². The molecule has 0 aliphatic heterocycles. The number of hydrogen-bond acceptors (Lipinski definition) is 6. The van der Waals surface area contributed by atoms with Crippen LogP contribution in [0.1, 0.15) is 11.1 Å². The highest BCUT2D eigenvalue weighted by atomic mass is 35.5. The van der Waals surface area contributed by atoms with Gasteiger partial charge in [-0.3, -0.25) is 10.1 Å². The third-order valence-corrected chi connectivity index (χ3v) is 5.43. The number of nitro benzene ring substituents is 1. The molecule has 7 nitrogen and oxygen atoms in total. The number of benzene rings is 4. The molecule has 0 atom stereocenters. The summed E-state index contributed by atoms with van der Waals surface area (Å²) in [6.07, 6.45) is 0. The molecule has 0 saturated heterocycles. The second-order valence-corrected chi connectivity index (χ2v) is 8.02. The van der Waals surface area contributed by atoms with E-state index in [0.29, 0.717) is 23.1 Å². The minimum Gasteiger partial charge on any atom is -0.493 e. The first-order valence-corrected chi connectivity index (χ1v) is 11.2. The molecule has 0 aliphatic carbocycles. The molecule has 4 aromatic carbocycles. The number of non-ortho nitro benzene ring substituents is 1. The fourth-order valence-corrected chi connectivity index (χ4v) is 3.64. The smallest absolute Gasteiger partial charge is 0.269 e. The van der Waals surface area contributed by atoms with E-state index in [1.165, 1.54) is 12.1 Å². The number of halogens is 1. The summed E-state index contributed by atoms with van der Waals surface area (Å²) in [5.74, 6) is 2.45. The third-order valence-electron chi connectivity index (χ3n) is 5.15. The van der Waals surface area contributed by atoms with Crippen molar-refractivity contribution in [2.24, 2.45) is 0 Å². The summed E-state index contributed by atoms with van der Waals surface area (Å²) in [5.41, 5.74) is 2.65. The molecular weight excluding hydrogens is 468 g/mol. The van der Waals surface area contributed by atoms with E-state index < -0.39 is 4.92 Å². The molecule has 0 spiro atoms. The number of methoxy groups -OCH3 is 1. The van der Waals surface area contributed by atoms with E-state index in [4.69, 9.17) is 25.8 Å². The summed E-state index contributed by atoms with van der Waals surface area (Å²) in [4.78, 5) is 10.4. The van der Waals surface area contributed by atoms with Gasteiger partial charge in [0.15, 0.2) is 11.5 Å². The van der Waals surface area contributed by atoms with Crippen molar-refractivity contribution in [1.82, 2.24) is 0 Å². The molecule has 1 N–H and O–H groups in total. The Morgan fingerprint density at radius 2 is 1.57 bits per heavy atom. The minimum atomic E-state index is -0.440. The number of para-hydroxylation sites is 1. The van der Waals surface area contributed by atoms with Gasteiger partial charge in [0.2, 0.25) is 0 Å². The van der Waals surface area contributed by atoms with E-state index in [1.807, 2.05) is 66.7 Å². The Hall–Kier alpha value is -4.23. The summed E-state index contributed by atoms with van der Waals surface area (Å²) in [7, 11) is 1.55. The maximum Gasteiger partial charge on any atom is 0.269 e. The third kappa shape index (κ3) is 6.43. The number of anilines is 1. The van der Waals surface area contributed by atoms with Gasteiger partial charge in [0, 0.05) is 24.4 Å². The Kier molecular flexibility index (Phi) is 7.70. The number of nitrogens with one attached hydrogen (secondary N) is 1. The van der Waals surface area contributed by atoms with Crippen molar-refractivity contribution in [3.63, 3.8) is 0 Å². The molecule has 0 bridgehead atoms. The molecular formula is C27H23ClN2O5. The molecule has 0 aromatic heterocycles. The molecule has 4 rings (SSSR count). The minimum absolute atomic E-state index is 0.0274. The van der Waals surface area contributed by atoms with Crippen LogP contribution in [0.2, 0.25) is 5.02 Å². The maximum absolute atomic E-state index is 10.8. The maximum atomic E-state index is 10.8. The topological polar surface area (TPSA) is 82.9 Å². The average molecular weight is 491 g/mol. The summed E-state index contributed by atoms with van der Waals surface area (Å²) >= 11 is 6.49. The van der Waals surface area contributed by atoms with Crippen LogP contribution in [-0.4, -0.2) is 12.0 Å². The van der Waals surface area contributed by atoms with Crippen LogP contribution < -0.4 is 19.5 Å². The predicted molar refractivity (Wildman–Crippen MR) is 136 cm³/mol. The number of ether oxygens (including phenoxy) is 3. The van der Waals surface area contributed by atoms with E-state index in [0.717, 1.165) is 28.3 Å². The van der Waals surface area contributed by atoms with Gasteiger partial charge in [-0.05, 0) is 71.8 Å². The predicted octanol–water partition coefficient (Wildman–Crippen LogP) is 7.24. The molecule has 0 saturated carbocycles. The van der Waals surface area contributed by atoms with Crippen LogP contribution >= 0.6 is 11.6 Å². The van der Waals surface area contributed by atoms with E-state index in [9.17, 15) is 10.1 Å². The van der Waals surface area contributed by atoms with Crippen molar-refractivity contribution < 1.29 is 19.1 Å². The van der Waals surface area contributed by atoms with Gasteiger partial charge in [0.25, 0.3) is 5.69 Å². The first kappa shape index (κ1) is 23.9. The van der Waals surface area contributed by atoms with Crippen molar-refractivity contribution in [3.8, 4) is 23.0 Å². The van der Waals surface area contributed by atoms with Gasteiger partial charge < -0.3 is 19.5 Å². The molecule has 0 fully saturated rings. The van der Waals surface area contributed by atoms with Gasteiger partial charge in [-0.2, -0.15) is 0 Å². The molecule has 8 heteroatoms. The van der Waals surface area contributed by atoms with E-state index in [-0.39, 0.29) is 12.3 Å². The zero-order valence-electron chi connectivity index (χ0n) is 18.9. The molecule has 0 radical (unpaired) electrons. The molecule has 4 aromatic rings. The second-order valence-electron chi connectivity index (χ2n) is 7.61. The summed E-state index contributed by atoms with van der Waals surface area (Å²) in [5, 5.41) is 14.6. The van der Waals surface area contributed by atoms with Gasteiger partial charge in [-0.15, -0.1) is 0 Å². The molecule has 35 heavy (non-hydrogen) atoms. The second kappa shape index (κ2) is 11.3. The normalized spacial score (nSPS) is 10.5.